The quantitative estimate of drug-likeness (QED) is 0.760. The Balaban J connectivity index is 1.74. The second kappa shape index (κ2) is 8.90. The topological polar surface area (TPSA) is 75.7 Å². The summed E-state index contributed by atoms with van der Waals surface area (Å²) in [5.41, 5.74) is 4.20. The zero-order valence-electron chi connectivity index (χ0n) is 17.0. The highest BCUT2D eigenvalue weighted by Gasteiger charge is 2.36. The van der Waals surface area contributed by atoms with Gasteiger partial charge in [0, 0.05) is 24.3 Å². The van der Waals surface area contributed by atoms with Crippen molar-refractivity contribution in [1.82, 2.24) is 0 Å². The van der Waals surface area contributed by atoms with Crippen LogP contribution in [0.25, 0.3) is 0 Å². The van der Waals surface area contributed by atoms with Crippen LogP contribution in [0.15, 0.2) is 42.5 Å². The number of carbonyl (C=O) groups excluding carboxylic acids is 3. The van der Waals surface area contributed by atoms with Gasteiger partial charge in [0.1, 0.15) is 0 Å². The van der Waals surface area contributed by atoms with Gasteiger partial charge in [-0.2, -0.15) is 0 Å². The highest BCUT2D eigenvalue weighted by molar-refractivity contribution is 6.04. The summed E-state index contributed by atoms with van der Waals surface area (Å²) >= 11 is 0. The maximum Gasteiger partial charge on any atom is 0.337 e. The van der Waals surface area contributed by atoms with Crippen LogP contribution < -0.4 is 10.2 Å². The first kappa shape index (κ1) is 20.6. The van der Waals surface area contributed by atoms with Gasteiger partial charge in [0.05, 0.1) is 18.6 Å². The lowest BCUT2D eigenvalue weighted by Crippen LogP contribution is -2.29. The van der Waals surface area contributed by atoms with Crippen LogP contribution >= 0.6 is 0 Å². The number of aryl methyl sites for hydroxylation is 2. The van der Waals surface area contributed by atoms with Gasteiger partial charge in [0.15, 0.2) is 0 Å². The highest BCUT2D eigenvalue weighted by atomic mass is 16.5. The molecule has 0 aliphatic carbocycles. The average Bonchev–Trinajstić information content (AvgIpc) is 3.14. The van der Waals surface area contributed by atoms with Crippen molar-refractivity contribution in [3.05, 3.63) is 59.2 Å². The van der Waals surface area contributed by atoms with Gasteiger partial charge < -0.3 is 15.0 Å². The van der Waals surface area contributed by atoms with Crippen LogP contribution in [0, 0.1) is 5.92 Å². The minimum absolute atomic E-state index is 0.0261. The zero-order chi connectivity index (χ0) is 21.0. The highest BCUT2D eigenvalue weighted by Crippen LogP contribution is 2.32. The fourth-order valence-corrected chi connectivity index (χ4v) is 3.71. The number of methoxy groups -OCH3 is 1. The Hall–Kier alpha value is -3.15. The van der Waals surface area contributed by atoms with E-state index in [1.807, 2.05) is 18.2 Å². The number of nitrogens with zero attached hydrogens (tertiary/aromatic N) is 1. The van der Waals surface area contributed by atoms with Gasteiger partial charge in [-0.15, -0.1) is 0 Å². The molecule has 152 valence electrons. The fourth-order valence-electron chi connectivity index (χ4n) is 3.71. The van der Waals surface area contributed by atoms with Crippen molar-refractivity contribution >= 4 is 29.2 Å². The third-order valence-electron chi connectivity index (χ3n) is 5.30. The van der Waals surface area contributed by atoms with Gasteiger partial charge in [-0.3, -0.25) is 9.59 Å². The molecule has 6 nitrogen and oxygen atoms in total. The normalized spacial score (nSPS) is 16.0. The van der Waals surface area contributed by atoms with Gasteiger partial charge in [-0.1, -0.05) is 32.0 Å². The SMILES string of the molecule is CCc1cccc(CC)c1N1CC(C(=O)Nc2ccc(C(=O)OC)cc2)CC1=O. The van der Waals surface area contributed by atoms with Crippen molar-refractivity contribution in [2.24, 2.45) is 5.92 Å². The van der Waals surface area contributed by atoms with Crippen LogP contribution in [0.4, 0.5) is 11.4 Å². The first-order valence-electron chi connectivity index (χ1n) is 9.88. The van der Waals surface area contributed by atoms with Crippen LogP contribution in [-0.4, -0.2) is 31.4 Å². The second-order valence-electron chi connectivity index (χ2n) is 7.10. The maximum absolute atomic E-state index is 12.7. The predicted molar refractivity (Wildman–Crippen MR) is 112 cm³/mol. The molecule has 1 aliphatic heterocycles. The molecule has 0 aromatic heterocycles. The van der Waals surface area contributed by atoms with Crippen LogP contribution in [-0.2, 0) is 27.2 Å². The standard InChI is InChI=1S/C23H26N2O4/c1-4-15-7-6-8-16(5-2)21(15)25-14-18(13-20(25)26)22(27)24-19-11-9-17(10-12-19)23(28)29-3/h6-12,18H,4-5,13-14H2,1-3H3,(H,24,27). The summed E-state index contributed by atoms with van der Waals surface area (Å²) in [6.45, 7) is 4.51. The second-order valence-corrected chi connectivity index (χ2v) is 7.10. The Bertz CT molecular complexity index is 899. The van der Waals surface area contributed by atoms with E-state index in [9.17, 15) is 14.4 Å². The molecular formula is C23H26N2O4. The summed E-state index contributed by atoms with van der Waals surface area (Å²) < 4.78 is 4.67. The number of nitrogens with one attached hydrogen (secondary N) is 1. The predicted octanol–water partition coefficient (Wildman–Crippen LogP) is 3.59. The van der Waals surface area contributed by atoms with Crippen LogP contribution in [0.2, 0.25) is 0 Å². The Labute approximate surface area is 170 Å². The molecular weight excluding hydrogens is 368 g/mol. The van der Waals surface area contributed by atoms with E-state index in [-0.39, 0.29) is 18.2 Å². The molecule has 29 heavy (non-hydrogen) atoms. The minimum Gasteiger partial charge on any atom is -0.465 e. The van der Waals surface area contributed by atoms with Crippen molar-refractivity contribution in [2.75, 3.05) is 23.9 Å². The molecule has 1 fully saturated rings. The van der Waals surface area contributed by atoms with Gasteiger partial charge in [0.25, 0.3) is 0 Å². The molecule has 0 bridgehead atoms. The first-order valence-corrected chi connectivity index (χ1v) is 9.88. The first-order chi connectivity index (χ1) is 14.0. The van der Waals surface area contributed by atoms with Crippen LogP contribution in [0.5, 0.6) is 0 Å². The third kappa shape index (κ3) is 4.31. The lowest BCUT2D eigenvalue weighted by Gasteiger charge is -2.23. The monoisotopic (exact) mass is 394 g/mol. The van der Waals surface area contributed by atoms with E-state index in [4.69, 9.17) is 0 Å². The van der Waals surface area contributed by atoms with Gasteiger partial charge in [-0.25, -0.2) is 4.79 Å². The molecule has 3 rings (SSSR count). The van der Waals surface area contributed by atoms with Crippen LogP contribution in [0.1, 0.15) is 41.8 Å². The average molecular weight is 394 g/mol. The Morgan fingerprint density at radius 2 is 1.69 bits per heavy atom. The molecule has 6 heteroatoms. The molecule has 0 spiro atoms. The molecule has 0 saturated carbocycles. The van der Waals surface area contributed by atoms with E-state index in [0.717, 1.165) is 29.7 Å². The fraction of sp³-hybridized carbons (Fsp3) is 0.348. The molecule has 1 aliphatic rings. The summed E-state index contributed by atoms with van der Waals surface area (Å²) in [5, 5.41) is 2.85. The number of amides is 2. The number of esters is 1. The number of rotatable bonds is 6. The van der Waals surface area contributed by atoms with E-state index >= 15 is 0 Å². The number of carbonyl (C=O) groups is 3. The summed E-state index contributed by atoms with van der Waals surface area (Å²) in [6.07, 6.45) is 1.85. The molecule has 2 aromatic rings. The maximum atomic E-state index is 12.7. The number of anilines is 2. The number of para-hydroxylation sites is 1. The molecule has 2 amide bonds. The number of benzene rings is 2. The number of ether oxygens (including phenoxy) is 1. The molecule has 1 N–H and O–H groups in total. The lowest BCUT2D eigenvalue weighted by atomic mass is 10.0. The summed E-state index contributed by atoms with van der Waals surface area (Å²) in [5.74, 6) is -1.07. The summed E-state index contributed by atoms with van der Waals surface area (Å²) in [7, 11) is 1.32. The van der Waals surface area contributed by atoms with Crippen LogP contribution in [0.3, 0.4) is 0 Å². The Morgan fingerprint density at radius 1 is 1.07 bits per heavy atom. The van der Waals surface area contributed by atoms with Gasteiger partial charge in [0.2, 0.25) is 11.8 Å². The molecule has 1 heterocycles. The van der Waals surface area contributed by atoms with E-state index in [0.29, 0.717) is 17.8 Å². The Kier molecular flexibility index (Phi) is 6.32. The largest absolute Gasteiger partial charge is 0.465 e. The summed E-state index contributed by atoms with van der Waals surface area (Å²) in [4.78, 5) is 38.7. The zero-order valence-corrected chi connectivity index (χ0v) is 17.0. The molecule has 1 atom stereocenters. The molecule has 1 saturated heterocycles. The molecule has 0 radical (unpaired) electrons. The summed E-state index contributed by atoms with van der Waals surface area (Å²) in [6, 6.07) is 12.6. The van der Waals surface area contributed by atoms with Crippen molar-refractivity contribution in [1.29, 1.82) is 0 Å². The van der Waals surface area contributed by atoms with Crippen molar-refractivity contribution in [2.45, 2.75) is 33.1 Å². The van der Waals surface area contributed by atoms with E-state index in [2.05, 4.69) is 23.9 Å². The smallest absolute Gasteiger partial charge is 0.337 e. The lowest BCUT2D eigenvalue weighted by molar-refractivity contribution is -0.122. The Morgan fingerprint density at radius 3 is 2.24 bits per heavy atom. The number of hydrogen-bond donors (Lipinski definition) is 1. The third-order valence-corrected chi connectivity index (χ3v) is 5.30. The number of hydrogen-bond acceptors (Lipinski definition) is 4. The van der Waals surface area contributed by atoms with Crippen molar-refractivity contribution < 1.29 is 19.1 Å². The van der Waals surface area contributed by atoms with Gasteiger partial charge in [-0.05, 0) is 48.2 Å². The van der Waals surface area contributed by atoms with E-state index < -0.39 is 11.9 Å². The minimum atomic E-state index is -0.429. The molecule has 2 aromatic carbocycles. The van der Waals surface area contributed by atoms with E-state index in [1.165, 1.54) is 7.11 Å². The van der Waals surface area contributed by atoms with Crippen molar-refractivity contribution in [3.8, 4) is 0 Å². The van der Waals surface area contributed by atoms with Gasteiger partial charge >= 0.3 is 5.97 Å². The molecule has 1 unspecified atom stereocenters. The van der Waals surface area contributed by atoms with E-state index in [1.54, 1.807) is 29.2 Å². The van der Waals surface area contributed by atoms with Crippen molar-refractivity contribution in [3.63, 3.8) is 0 Å².